The highest BCUT2D eigenvalue weighted by Gasteiger charge is 2.01. The first-order chi connectivity index (χ1) is 17.2. The molecule has 0 aromatic rings. The number of carbonyl (C=O) groups is 1. The molecule has 0 heterocycles. The maximum Gasteiger partial charge on any atom is 0.314 e. The number of hydrogen-bond donors (Lipinski definition) is 6. The van der Waals surface area contributed by atoms with Crippen LogP contribution in [-0.2, 0) is 30.1 Å². The minimum absolute atomic E-state index is 0.157. The molecule has 19 heteroatoms. The van der Waals surface area contributed by atoms with Crippen molar-refractivity contribution in [1.29, 1.82) is 0 Å². The van der Waals surface area contributed by atoms with Crippen molar-refractivity contribution < 1.29 is 30.0 Å². The van der Waals surface area contributed by atoms with Crippen LogP contribution in [0.5, 0.6) is 0 Å². The summed E-state index contributed by atoms with van der Waals surface area (Å²) in [5, 5.41) is 10.2. The van der Waals surface area contributed by atoms with Gasteiger partial charge in [0.2, 0.25) is 30.1 Å². The Balaban J connectivity index is -0.0000000478. The topological polar surface area (TPSA) is 201 Å². The van der Waals surface area contributed by atoms with Gasteiger partial charge in [-0.3, -0.25) is 0 Å². The first kappa shape index (κ1) is 57.7. The Morgan fingerprint density at radius 3 is 0.590 bits per heavy atom. The van der Waals surface area contributed by atoms with Crippen molar-refractivity contribution in [2.75, 3.05) is 132 Å². The normalized spacial score (nSPS) is 9.69. The minimum Gasteiger partial charge on any atom is -0.341 e. The highest BCUT2D eigenvalue weighted by molar-refractivity contribution is 7.89. The quantitative estimate of drug-likeness (QED) is 0.190. The van der Waals surface area contributed by atoms with Gasteiger partial charge in [0.15, 0.2) is 0 Å². The van der Waals surface area contributed by atoms with Gasteiger partial charge >= 0.3 is 6.03 Å². The van der Waals surface area contributed by atoms with Crippen LogP contribution in [0.1, 0.15) is 0 Å². The maximum atomic E-state index is 10.3. The third kappa shape index (κ3) is 203. The van der Waals surface area contributed by atoms with Gasteiger partial charge in [-0.2, -0.15) is 0 Å². The first-order valence-corrected chi connectivity index (χ1v) is 16.7. The first-order valence-electron chi connectivity index (χ1n) is 11.1. The number of amides is 2. The molecule has 0 fully saturated rings. The third-order valence-electron chi connectivity index (χ3n) is 1.86. The molecule has 0 rings (SSSR count). The smallest absolute Gasteiger partial charge is 0.314 e. The molecule has 0 aliphatic heterocycles. The summed E-state index contributed by atoms with van der Waals surface area (Å²) in [5.41, 5.74) is 0. The van der Waals surface area contributed by atoms with Crippen molar-refractivity contribution in [3.05, 3.63) is 0 Å². The average molecular weight is 638 g/mol. The Kier molecular flexibility index (Phi) is 57.7. The maximum absolute atomic E-state index is 10.3. The lowest BCUT2D eigenvalue weighted by Gasteiger charge is -2.02. The van der Waals surface area contributed by atoms with Gasteiger partial charge in [-0.15, -0.1) is 0 Å². The van der Waals surface area contributed by atoms with Gasteiger partial charge in [0, 0.05) is 28.2 Å². The molecule has 6 N–H and O–H groups in total. The molecule has 0 unspecified atom stereocenters. The minimum atomic E-state index is -2.91. The van der Waals surface area contributed by atoms with Crippen LogP contribution >= 0.6 is 0 Å². The lowest BCUT2D eigenvalue weighted by molar-refractivity contribution is 0.245. The molecule has 0 saturated heterocycles. The summed E-state index contributed by atoms with van der Waals surface area (Å²) >= 11 is 0. The lowest BCUT2D eigenvalue weighted by Crippen LogP contribution is -2.28. The number of urea groups is 1. The van der Waals surface area contributed by atoms with Gasteiger partial charge in [-0.25, -0.2) is 43.8 Å². The Bertz CT molecular complexity index is 725. The summed E-state index contributed by atoms with van der Waals surface area (Å²) in [6.45, 7) is 0. The second-order valence-corrected chi connectivity index (χ2v) is 14.1. The van der Waals surface area contributed by atoms with Crippen molar-refractivity contribution in [3.63, 3.8) is 0 Å². The molecule has 0 aliphatic rings. The molecule has 0 radical (unpaired) electrons. The summed E-state index contributed by atoms with van der Waals surface area (Å²) in [7, 11) is 19.6. The zero-order valence-electron chi connectivity index (χ0n) is 27.9. The SMILES string of the molecule is CN(C)C.CN(C)C.CN(C)S(C)(=O)=O.CNC.CNC.CNC(=O)NC.CNS(C)(=O)=O.CNS(C)(=O)=O. The van der Waals surface area contributed by atoms with Gasteiger partial charge in [-0.05, 0) is 84.6 Å². The number of rotatable bonds is 3. The number of carbonyl (C=O) groups excluding carboxylic acids is 1. The Labute approximate surface area is 242 Å². The van der Waals surface area contributed by atoms with Gasteiger partial charge in [-0.1, -0.05) is 0 Å². The van der Waals surface area contributed by atoms with Crippen LogP contribution in [-0.4, -0.2) is 177 Å². The second kappa shape index (κ2) is 39.0. The van der Waals surface area contributed by atoms with Crippen LogP contribution in [0.2, 0.25) is 0 Å². The van der Waals surface area contributed by atoms with Gasteiger partial charge in [0.25, 0.3) is 0 Å². The Morgan fingerprint density at radius 1 is 0.487 bits per heavy atom. The fourth-order valence-corrected chi connectivity index (χ4v) is 0.125. The molecule has 0 aromatic carbocycles. The van der Waals surface area contributed by atoms with Crippen molar-refractivity contribution in [2.45, 2.75) is 0 Å². The second-order valence-electron chi connectivity index (χ2n) is 8.01. The van der Waals surface area contributed by atoms with E-state index in [1.807, 2.05) is 80.3 Å². The highest BCUT2D eigenvalue weighted by Crippen LogP contribution is 1.83. The Hall–Kier alpha value is -1.16. The number of hydrogen-bond acceptors (Lipinski definition) is 11. The molecule has 0 bridgehead atoms. The molecule has 0 atom stereocenters. The number of nitrogens with one attached hydrogen (secondary N) is 6. The molecule has 2 amide bonds. The van der Waals surface area contributed by atoms with Crippen LogP contribution in [0, 0.1) is 0 Å². The fraction of sp³-hybridized carbons (Fsp3) is 0.950. The summed E-state index contributed by atoms with van der Waals surface area (Å²) < 4.78 is 65.4. The summed E-state index contributed by atoms with van der Waals surface area (Å²) in [4.78, 5) is 14.0. The van der Waals surface area contributed by atoms with E-state index in [1.54, 1.807) is 14.1 Å². The van der Waals surface area contributed by atoms with Gasteiger partial charge in [0.1, 0.15) is 0 Å². The highest BCUT2D eigenvalue weighted by atomic mass is 32.2. The molecule has 0 aromatic heterocycles. The largest absolute Gasteiger partial charge is 0.341 e. The number of nitrogens with zero attached hydrogens (tertiary/aromatic N) is 3. The van der Waals surface area contributed by atoms with Crippen molar-refractivity contribution in [2.24, 2.45) is 0 Å². The summed E-state index contributed by atoms with van der Waals surface area (Å²) in [5.74, 6) is 0. The van der Waals surface area contributed by atoms with Crippen LogP contribution < -0.4 is 30.7 Å². The lowest BCUT2D eigenvalue weighted by atomic mass is 11.0. The zero-order chi connectivity index (χ0) is 34.1. The molecular weight excluding hydrogens is 574 g/mol. The standard InChI is InChI=1S/C3H8N2O.C3H9NO2S.2C3H9N.2C2H7NO2S.2C2H7N/c1-4-3(6)5-2;1-4(2)7(3,5)6;2*1-4(2)3;2*1-3-6(2,4)5;2*1-3-2/h1-2H3,(H2,4,5,6);1-3H3;2*1-3H3;2*3H,1-2H3;2*3H,1-2H3. The Morgan fingerprint density at radius 2 is 0.590 bits per heavy atom. The summed E-state index contributed by atoms with van der Waals surface area (Å²) in [6, 6.07) is -0.157. The zero-order valence-corrected chi connectivity index (χ0v) is 30.4. The molecule has 0 spiro atoms. The van der Waals surface area contributed by atoms with E-state index in [9.17, 15) is 30.0 Å². The number of sulfonamides is 3. The molecule has 0 aliphatic carbocycles. The molecule has 39 heavy (non-hydrogen) atoms. The van der Waals surface area contributed by atoms with Gasteiger partial charge < -0.3 is 31.1 Å². The molecular formula is C20H63N9O7S3. The predicted molar refractivity (Wildman–Crippen MR) is 169 cm³/mol. The van der Waals surface area contributed by atoms with Crippen LogP contribution in [0.25, 0.3) is 0 Å². The summed E-state index contributed by atoms with van der Waals surface area (Å²) in [6.07, 6.45) is 3.37. The van der Waals surface area contributed by atoms with Crippen molar-refractivity contribution in [3.8, 4) is 0 Å². The monoisotopic (exact) mass is 637 g/mol. The van der Waals surface area contributed by atoms with E-state index < -0.39 is 30.1 Å². The average Bonchev–Trinajstić information content (AvgIpc) is 2.73. The van der Waals surface area contributed by atoms with E-state index in [0.717, 1.165) is 23.1 Å². The van der Waals surface area contributed by atoms with Crippen molar-refractivity contribution >= 4 is 36.1 Å². The molecule has 0 saturated carbocycles. The van der Waals surface area contributed by atoms with Crippen LogP contribution in [0.3, 0.4) is 0 Å². The predicted octanol–water partition coefficient (Wildman–Crippen LogP) is -2.59. The van der Waals surface area contributed by atoms with Crippen LogP contribution in [0.15, 0.2) is 0 Å². The van der Waals surface area contributed by atoms with E-state index in [2.05, 4.69) is 30.7 Å². The van der Waals surface area contributed by atoms with E-state index in [4.69, 9.17) is 0 Å². The van der Waals surface area contributed by atoms with Gasteiger partial charge in [0.05, 0.1) is 18.8 Å². The van der Waals surface area contributed by atoms with E-state index >= 15 is 0 Å². The van der Waals surface area contributed by atoms with E-state index in [-0.39, 0.29) is 6.03 Å². The fourth-order valence-electron chi connectivity index (χ4n) is 0.125. The molecule has 16 nitrogen and oxygen atoms in total. The third-order valence-corrected chi connectivity index (χ3v) is 4.67. The van der Waals surface area contributed by atoms with E-state index in [0.29, 0.717) is 0 Å². The molecule has 248 valence electrons. The van der Waals surface area contributed by atoms with Crippen molar-refractivity contribution in [1.82, 2.24) is 44.8 Å². The van der Waals surface area contributed by atoms with E-state index in [1.165, 1.54) is 28.2 Å². The van der Waals surface area contributed by atoms with Crippen LogP contribution in [0.4, 0.5) is 4.79 Å².